The fourth-order valence-electron chi connectivity index (χ4n) is 4.19. The van der Waals surface area contributed by atoms with Crippen molar-refractivity contribution >= 4 is 5.97 Å². The third-order valence-corrected chi connectivity index (χ3v) is 5.49. The highest BCUT2D eigenvalue weighted by Gasteiger charge is 2.40. The molecule has 0 unspecified atom stereocenters. The second-order valence-electron chi connectivity index (χ2n) is 7.71. The van der Waals surface area contributed by atoms with E-state index in [2.05, 4.69) is 23.0 Å². The molecular weight excluding hydrogens is 415 g/mol. The Morgan fingerprint density at radius 1 is 1.29 bits per heavy atom. The maximum atomic E-state index is 10.6. The average molecular weight is 441 g/mol. The first-order valence-electron chi connectivity index (χ1n) is 10.2. The Labute approximate surface area is 178 Å². The minimum atomic E-state index is -5.08. The molecule has 1 fully saturated rings. The van der Waals surface area contributed by atoms with E-state index in [-0.39, 0.29) is 12.2 Å². The molecule has 7 nitrogen and oxygen atoms in total. The minimum Gasteiger partial charge on any atom is -0.508 e. The molecule has 0 bridgehead atoms. The molecule has 1 aliphatic carbocycles. The number of carbonyl (C=O) groups is 1. The lowest BCUT2D eigenvalue weighted by Gasteiger charge is -2.47. The Hall–Kier alpha value is -2.59. The predicted octanol–water partition coefficient (Wildman–Crippen LogP) is 2.87. The van der Waals surface area contributed by atoms with E-state index in [0.29, 0.717) is 11.8 Å². The first-order chi connectivity index (χ1) is 14.7. The summed E-state index contributed by atoms with van der Waals surface area (Å²) in [6.07, 6.45) is 1.90. The van der Waals surface area contributed by atoms with Crippen molar-refractivity contribution in [2.24, 2.45) is 0 Å². The van der Waals surface area contributed by atoms with Crippen molar-refractivity contribution in [1.29, 1.82) is 0 Å². The molecular formula is C21H26F3N3O4. The zero-order valence-corrected chi connectivity index (χ0v) is 17.1. The van der Waals surface area contributed by atoms with E-state index in [1.54, 1.807) is 6.07 Å². The average Bonchev–Trinajstić information content (AvgIpc) is 3.20. The number of aliphatic carboxylic acids is 1. The lowest BCUT2D eigenvalue weighted by Crippen LogP contribution is -2.58. The van der Waals surface area contributed by atoms with Crippen LogP contribution in [0, 0.1) is 0 Å². The molecule has 10 heteroatoms. The molecule has 0 spiro atoms. The summed E-state index contributed by atoms with van der Waals surface area (Å²) in [5.74, 6) is -2.35. The molecule has 0 amide bonds. The van der Waals surface area contributed by atoms with Gasteiger partial charge in [-0.25, -0.2) is 4.79 Å². The first kappa shape index (κ1) is 23.1. The summed E-state index contributed by atoms with van der Waals surface area (Å²) in [4.78, 5) is 11.5. The lowest BCUT2D eigenvalue weighted by molar-refractivity contribution is -0.192. The molecule has 2 heterocycles. The van der Waals surface area contributed by atoms with Gasteiger partial charge in [-0.3, -0.25) is 9.58 Å². The quantitative estimate of drug-likeness (QED) is 0.759. The Kier molecular flexibility index (Phi) is 7.22. The van der Waals surface area contributed by atoms with Crippen LogP contribution in [0.5, 0.6) is 5.75 Å². The number of hydrogen-bond acceptors (Lipinski definition) is 5. The van der Waals surface area contributed by atoms with Gasteiger partial charge in [-0.15, -0.1) is 0 Å². The van der Waals surface area contributed by atoms with Crippen LogP contribution in [0.2, 0.25) is 0 Å². The topological polar surface area (TPSA) is 87.8 Å². The molecule has 1 aliphatic heterocycles. The number of carboxylic acid groups (broad SMARTS) is 1. The molecule has 31 heavy (non-hydrogen) atoms. The van der Waals surface area contributed by atoms with Gasteiger partial charge < -0.3 is 14.9 Å². The largest absolute Gasteiger partial charge is 0.508 e. The van der Waals surface area contributed by atoms with Crippen LogP contribution in [-0.4, -0.2) is 68.4 Å². The molecule has 3 atom stereocenters. The fraction of sp³-hybridized carbons (Fsp3) is 0.524. The van der Waals surface area contributed by atoms with Gasteiger partial charge in [-0.1, -0.05) is 19.1 Å². The van der Waals surface area contributed by atoms with Gasteiger partial charge in [0.2, 0.25) is 0 Å². The highest BCUT2D eigenvalue weighted by molar-refractivity contribution is 5.73. The van der Waals surface area contributed by atoms with Crippen molar-refractivity contribution in [2.75, 3.05) is 13.1 Å². The number of fused-ring (bicyclic) bond motifs is 2. The highest BCUT2D eigenvalue weighted by atomic mass is 19.4. The number of halogens is 3. The number of carboxylic acids is 1. The van der Waals surface area contributed by atoms with Gasteiger partial charge in [0, 0.05) is 31.4 Å². The monoisotopic (exact) mass is 441 g/mol. The number of aromatic nitrogens is 2. The molecule has 1 saturated heterocycles. The Balaban J connectivity index is 0.000000339. The first-order valence-corrected chi connectivity index (χ1v) is 10.2. The Bertz CT molecular complexity index is 873. The normalized spacial score (nSPS) is 23.3. The van der Waals surface area contributed by atoms with E-state index < -0.39 is 12.1 Å². The number of hydrogen-bond donors (Lipinski definition) is 2. The number of rotatable bonds is 4. The highest BCUT2D eigenvalue weighted by Crippen LogP contribution is 2.35. The fourth-order valence-corrected chi connectivity index (χ4v) is 4.19. The van der Waals surface area contributed by atoms with Crippen molar-refractivity contribution in [3.8, 4) is 5.75 Å². The van der Waals surface area contributed by atoms with Crippen molar-refractivity contribution in [2.45, 2.75) is 57.2 Å². The van der Waals surface area contributed by atoms with Gasteiger partial charge in [-0.05, 0) is 42.6 Å². The Morgan fingerprint density at radius 2 is 2.03 bits per heavy atom. The van der Waals surface area contributed by atoms with Crippen LogP contribution in [0.25, 0.3) is 0 Å². The second-order valence-corrected chi connectivity index (χ2v) is 7.71. The molecule has 2 N–H and O–H groups in total. The standard InChI is InChI=1S/C19H25N3O2.C2HF3O2/c1-2-8-21-12-15(13-22-9-4-7-20-22)24-19-11-16-14(10-17(19)21)5-3-6-18(16)23;3-2(4,5)1(6)7/h3-7,9,15,17,19,23H,2,8,10-13H2,1H3;(H,6,7)/t15-,17+,19+;/m1./s1. The molecule has 2 aliphatic rings. The zero-order chi connectivity index (χ0) is 22.6. The van der Waals surface area contributed by atoms with Crippen LogP contribution in [-0.2, 0) is 28.9 Å². The van der Waals surface area contributed by atoms with Crippen molar-refractivity contribution in [3.05, 3.63) is 47.8 Å². The van der Waals surface area contributed by atoms with Gasteiger partial charge in [-0.2, -0.15) is 18.3 Å². The van der Waals surface area contributed by atoms with E-state index in [1.165, 1.54) is 5.56 Å². The molecule has 0 radical (unpaired) electrons. The number of ether oxygens (including phenoxy) is 1. The van der Waals surface area contributed by atoms with Crippen LogP contribution >= 0.6 is 0 Å². The van der Waals surface area contributed by atoms with Crippen molar-refractivity contribution < 1.29 is 32.9 Å². The van der Waals surface area contributed by atoms with Gasteiger partial charge in [0.15, 0.2) is 0 Å². The number of nitrogens with zero attached hydrogens (tertiary/aromatic N) is 3. The number of phenols is 1. The van der Waals surface area contributed by atoms with Gasteiger partial charge in [0.25, 0.3) is 0 Å². The van der Waals surface area contributed by atoms with E-state index in [1.807, 2.05) is 29.2 Å². The molecule has 170 valence electrons. The van der Waals surface area contributed by atoms with Crippen LogP contribution in [0.1, 0.15) is 24.5 Å². The smallest absolute Gasteiger partial charge is 0.490 e. The summed E-state index contributed by atoms with van der Waals surface area (Å²) in [6.45, 7) is 5.05. The summed E-state index contributed by atoms with van der Waals surface area (Å²) in [5, 5.41) is 21.6. The van der Waals surface area contributed by atoms with Crippen LogP contribution in [0.3, 0.4) is 0 Å². The Morgan fingerprint density at radius 3 is 2.65 bits per heavy atom. The third kappa shape index (κ3) is 5.76. The van der Waals surface area contributed by atoms with E-state index in [9.17, 15) is 18.3 Å². The van der Waals surface area contributed by atoms with Gasteiger partial charge in [0.1, 0.15) is 5.75 Å². The van der Waals surface area contributed by atoms with E-state index in [4.69, 9.17) is 14.6 Å². The minimum absolute atomic E-state index is 0.144. The van der Waals surface area contributed by atoms with Crippen LogP contribution < -0.4 is 0 Å². The summed E-state index contributed by atoms with van der Waals surface area (Å²) < 4.78 is 40.1. The summed E-state index contributed by atoms with van der Waals surface area (Å²) in [5.41, 5.74) is 2.33. The molecule has 4 rings (SSSR count). The maximum absolute atomic E-state index is 10.6. The van der Waals surface area contributed by atoms with Crippen molar-refractivity contribution in [1.82, 2.24) is 14.7 Å². The maximum Gasteiger partial charge on any atom is 0.490 e. The lowest BCUT2D eigenvalue weighted by atomic mass is 9.83. The number of morpholine rings is 1. The number of aromatic hydroxyl groups is 1. The molecule has 0 saturated carbocycles. The summed E-state index contributed by atoms with van der Waals surface area (Å²) >= 11 is 0. The SMILES string of the molecule is CCCN1C[C@H](Cn2cccn2)O[C@H]2Cc3c(O)cccc3C[C@@H]21.O=C(O)C(F)(F)F. The van der Waals surface area contributed by atoms with E-state index in [0.717, 1.165) is 44.5 Å². The summed E-state index contributed by atoms with van der Waals surface area (Å²) in [7, 11) is 0. The molecule has 1 aromatic carbocycles. The zero-order valence-electron chi connectivity index (χ0n) is 17.1. The van der Waals surface area contributed by atoms with E-state index >= 15 is 0 Å². The van der Waals surface area contributed by atoms with Crippen LogP contribution in [0.4, 0.5) is 13.2 Å². The molecule has 2 aromatic rings. The second kappa shape index (κ2) is 9.69. The third-order valence-electron chi connectivity index (χ3n) is 5.49. The number of benzene rings is 1. The van der Waals surface area contributed by atoms with Gasteiger partial charge in [0.05, 0.1) is 18.8 Å². The molecule has 1 aromatic heterocycles. The summed E-state index contributed by atoms with van der Waals surface area (Å²) in [6, 6.07) is 8.24. The van der Waals surface area contributed by atoms with Crippen molar-refractivity contribution in [3.63, 3.8) is 0 Å². The number of phenolic OH excluding ortho intramolecular Hbond substituents is 1. The predicted molar refractivity (Wildman–Crippen MR) is 106 cm³/mol. The van der Waals surface area contributed by atoms with Gasteiger partial charge >= 0.3 is 12.1 Å². The number of alkyl halides is 3. The van der Waals surface area contributed by atoms with Crippen LogP contribution in [0.15, 0.2) is 36.7 Å².